The molecule has 0 spiro atoms. The van der Waals surface area contributed by atoms with Gasteiger partial charge in [-0.05, 0) is 51.8 Å². The third-order valence-electron chi connectivity index (χ3n) is 7.25. The molecule has 0 N–H and O–H groups in total. The van der Waals surface area contributed by atoms with Crippen LogP contribution >= 0.6 is 0 Å². The highest BCUT2D eigenvalue weighted by Gasteiger charge is 2.53. The number of ether oxygens (including phenoxy) is 8. The Morgan fingerprint density at radius 3 is 2.06 bits per heavy atom. The van der Waals surface area contributed by atoms with E-state index in [0.29, 0.717) is 0 Å². The lowest BCUT2D eigenvalue weighted by atomic mass is 9.98. The second-order valence-corrected chi connectivity index (χ2v) is 11.9. The Labute approximate surface area is 294 Å². The van der Waals surface area contributed by atoms with E-state index < -0.39 is 78.5 Å². The highest BCUT2D eigenvalue weighted by Crippen LogP contribution is 2.37. The summed E-state index contributed by atoms with van der Waals surface area (Å²) < 4.78 is 50.2. The Balaban J connectivity index is 2.05. The second kappa shape index (κ2) is 18.7. The highest BCUT2D eigenvalue weighted by molar-refractivity contribution is 5.88. The summed E-state index contributed by atoms with van der Waals surface area (Å²) in [6.07, 6.45) is -1.49. The first-order chi connectivity index (χ1) is 24.1. The van der Waals surface area contributed by atoms with E-state index in [9.17, 15) is 28.8 Å². The molecule has 0 saturated carbocycles. The van der Waals surface area contributed by atoms with Gasteiger partial charge in [-0.1, -0.05) is 24.1 Å². The smallest absolute Gasteiger partial charge is 0.383 e. The first-order valence-electron chi connectivity index (χ1n) is 16.3. The molecular weight excluding hydrogens is 672 g/mol. The van der Waals surface area contributed by atoms with E-state index in [0.717, 1.165) is 46.1 Å². The molecule has 15 nitrogen and oxygen atoms in total. The van der Waals surface area contributed by atoms with E-state index in [-0.39, 0.29) is 35.5 Å². The molecule has 1 aliphatic rings. The van der Waals surface area contributed by atoms with Gasteiger partial charge >= 0.3 is 35.5 Å². The molecule has 3 rings (SSSR count). The minimum absolute atomic E-state index is 0.0109. The average molecular weight is 717 g/mol. The number of carbonyl (C=O) groups excluding carboxylic acids is 5. The highest BCUT2D eigenvalue weighted by atomic mass is 16.7. The van der Waals surface area contributed by atoms with Crippen LogP contribution in [0.1, 0.15) is 74.7 Å². The van der Waals surface area contributed by atoms with Crippen molar-refractivity contribution in [1.29, 1.82) is 0 Å². The number of allylic oxidation sites excluding steroid dienone is 3. The largest absolute Gasteiger partial charge is 0.485 e. The Morgan fingerprint density at radius 2 is 1.45 bits per heavy atom. The maximum absolute atomic E-state index is 13.1. The molecule has 1 fully saturated rings. The number of carbonyl (C=O) groups is 5. The van der Waals surface area contributed by atoms with Crippen molar-refractivity contribution in [3.63, 3.8) is 0 Å². The molecule has 1 aliphatic heterocycles. The summed E-state index contributed by atoms with van der Waals surface area (Å²) in [5, 5.41) is 0.262. The summed E-state index contributed by atoms with van der Waals surface area (Å²) in [6.45, 7) is 11.6. The summed E-state index contributed by atoms with van der Waals surface area (Å²) in [5.41, 5.74) is 1.24. The number of benzene rings is 1. The molecule has 5 atom stereocenters. The van der Waals surface area contributed by atoms with Gasteiger partial charge in [0.05, 0.1) is 5.39 Å². The zero-order valence-corrected chi connectivity index (χ0v) is 29.9. The zero-order chi connectivity index (χ0) is 37.8. The van der Waals surface area contributed by atoms with Crippen molar-refractivity contribution in [2.45, 2.75) is 105 Å². The first-order valence-corrected chi connectivity index (χ1v) is 16.3. The van der Waals surface area contributed by atoms with E-state index in [1.54, 1.807) is 6.92 Å². The van der Waals surface area contributed by atoms with Gasteiger partial charge in [0.2, 0.25) is 12.4 Å². The van der Waals surface area contributed by atoms with Crippen molar-refractivity contribution >= 4 is 40.8 Å². The molecule has 0 amide bonds. The van der Waals surface area contributed by atoms with Crippen molar-refractivity contribution in [1.82, 2.24) is 0 Å². The van der Waals surface area contributed by atoms with Gasteiger partial charge in [0, 0.05) is 40.2 Å². The SMILES string of the molecule is CCC(=O)Oc1c(OCC=C(C)CCC=C(C)C)c2ccc(O[C@H]3O[C@H](COC(C)=O)[C@@H](OC(C)=O)[C@H](OC(C)=O)[C@@H]3OC(C)=O)cc2oc1=O. The van der Waals surface area contributed by atoms with Crippen LogP contribution in [0.5, 0.6) is 17.2 Å². The second-order valence-electron chi connectivity index (χ2n) is 11.9. The van der Waals surface area contributed by atoms with Crippen LogP contribution in [0, 0.1) is 0 Å². The van der Waals surface area contributed by atoms with Gasteiger partial charge in [0.1, 0.15) is 30.7 Å². The predicted octanol–water partition coefficient (Wildman–Crippen LogP) is 4.64. The van der Waals surface area contributed by atoms with Crippen molar-refractivity contribution < 1.29 is 66.3 Å². The Bertz CT molecular complexity index is 1710. The van der Waals surface area contributed by atoms with Crippen LogP contribution in [-0.4, -0.2) is 73.8 Å². The van der Waals surface area contributed by atoms with Crippen LogP contribution in [0.15, 0.2) is 50.7 Å². The maximum Gasteiger partial charge on any atom is 0.383 e. The normalized spacial score (nSPS) is 20.1. The lowest BCUT2D eigenvalue weighted by molar-refractivity contribution is -0.288. The monoisotopic (exact) mass is 716 g/mol. The number of hydrogen-bond donors (Lipinski definition) is 0. The number of esters is 5. The van der Waals surface area contributed by atoms with Crippen molar-refractivity contribution in [2.75, 3.05) is 13.2 Å². The van der Waals surface area contributed by atoms with Crippen molar-refractivity contribution in [2.24, 2.45) is 0 Å². The molecule has 2 heterocycles. The molecule has 15 heteroatoms. The summed E-state index contributed by atoms with van der Waals surface area (Å²) in [5.74, 6) is -4.18. The third-order valence-corrected chi connectivity index (χ3v) is 7.25. The summed E-state index contributed by atoms with van der Waals surface area (Å²) in [7, 11) is 0. The maximum atomic E-state index is 13.1. The quantitative estimate of drug-likeness (QED) is 0.107. The van der Waals surface area contributed by atoms with E-state index in [1.165, 1.54) is 23.8 Å². The van der Waals surface area contributed by atoms with Gasteiger partial charge < -0.3 is 42.3 Å². The lowest BCUT2D eigenvalue weighted by Crippen LogP contribution is -2.63. The Kier molecular flexibility index (Phi) is 14.8. The lowest BCUT2D eigenvalue weighted by Gasteiger charge is -2.43. The molecule has 0 unspecified atom stereocenters. The standard InChI is InChI=1S/C36H44O15/c1-9-29(41)51-33-30(43-16-15-20(4)12-10-11-19(2)3)26-14-13-25(17-27(26)49-35(33)42)48-36-34(47-24(8)40)32(46-23(7)39)31(45-22(6)38)28(50-36)18-44-21(5)37/h11,13-15,17,28,31-32,34,36H,9-10,12,16,18H2,1-8H3/t28-,31-,32+,34+,36+/m1/s1. The van der Waals surface area contributed by atoms with Crippen LogP contribution < -0.4 is 19.8 Å². The number of fused-ring (bicyclic) bond motifs is 1. The molecule has 51 heavy (non-hydrogen) atoms. The van der Waals surface area contributed by atoms with E-state index >= 15 is 0 Å². The van der Waals surface area contributed by atoms with Crippen molar-refractivity contribution in [3.05, 3.63) is 51.9 Å². The molecule has 0 bridgehead atoms. The molecule has 1 saturated heterocycles. The Morgan fingerprint density at radius 1 is 0.804 bits per heavy atom. The summed E-state index contributed by atoms with van der Waals surface area (Å²) >= 11 is 0. The molecule has 0 aliphatic carbocycles. The number of hydrogen-bond acceptors (Lipinski definition) is 15. The fourth-order valence-corrected chi connectivity index (χ4v) is 5.00. The predicted molar refractivity (Wildman–Crippen MR) is 179 cm³/mol. The first kappa shape index (κ1) is 40.3. The van der Waals surface area contributed by atoms with E-state index in [2.05, 4.69) is 6.08 Å². The number of rotatable bonds is 15. The fourth-order valence-electron chi connectivity index (χ4n) is 5.00. The van der Waals surface area contributed by atoms with Gasteiger partial charge in [-0.2, -0.15) is 0 Å². The van der Waals surface area contributed by atoms with Gasteiger partial charge in [-0.3, -0.25) is 24.0 Å². The molecule has 2 aromatic rings. The van der Waals surface area contributed by atoms with Gasteiger partial charge in [-0.25, -0.2) is 4.79 Å². The Hall–Kier alpha value is -5.18. The third kappa shape index (κ3) is 12.0. The molecule has 1 aromatic carbocycles. The van der Waals surface area contributed by atoms with Crippen LogP contribution in [0.4, 0.5) is 0 Å². The van der Waals surface area contributed by atoms with Crippen molar-refractivity contribution in [3.8, 4) is 17.2 Å². The molecule has 278 valence electrons. The zero-order valence-electron chi connectivity index (χ0n) is 29.9. The van der Waals surface area contributed by atoms with Gasteiger partial charge in [0.25, 0.3) is 5.75 Å². The molecule has 1 aromatic heterocycles. The minimum atomic E-state index is -1.53. The van der Waals surface area contributed by atoms with Gasteiger partial charge in [0.15, 0.2) is 18.0 Å². The van der Waals surface area contributed by atoms with Crippen LogP contribution in [-0.2, 0) is 47.7 Å². The fraction of sp³-hybridized carbons (Fsp3) is 0.500. The summed E-state index contributed by atoms with van der Waals surface area (Å²) in [4.78, 5) is 73.4. The minimum Gasteiger partial charge on any atom is -0.485 e. The topological polar surface area (TPSA) is 189 Å². The molecular formula is C36H44O15. The van der Waals surface area contributed by atoms with Gasteiger partial charge in [-0.15, -0.1) is 0 Å². The molecule has 0 radical (unpaired) electrons. The average Bonchev–Trinajstić information content (AvgIpc) is 3.03. The van der Waals surface area contributed by atoms with E-state index in [4.69, 9.17) is 42.3 Å². The van der Waals surface area contributed by atoms with Crippen LogP contribution in [0.3, 0.4) is 0 Å². The van der Waals surface area contributed by atoms with Crippen LogP contribution in [0.2, 0.25) is 0 Å². The summed E-state index contributed by atoms with van der Waals surface area (Å²) in [6, 6.07) is 4.27. The van der Waals surface area contributed by atoms with Crippen LogP contribution in [0.25, 0.3) is 11.0 Å². The van der Waals surface area contributed by atoms with E-state index in [1.807, 2.05) is 26.8 Å².